The van der Waals surface area contributed by atoms with Crippen LogP contribution in [0.5, 0.6) is 0 Å². The predicted molar refractivity (Wildman–Crippen MR) is 157 cm³/mol. The fourth-order valence-electron chi connectivity index (χ4n) is 6.70. The van der Waals surface area contributed by atoms with Gasteiger partial charge in [-0.15, -0.1) is 0 Å². The van der Waals surface area contributed by atoms with Crippen LogP contribution in [0.1, 0.15) is 11.1 Å². The molecule has 37 heavy (non-hydrogen) atoms. The van der Waals surface area contributed by atoms with E-state index in [1.165, 1.54) is 65.0 Å². The molecule has 0 radical (unpaired) electrons. The van der Waals surface area contributed by atoms with Crippen LogP contribution in [0.4, 0.5) is 0 Å². The first-order valence-electron chi connectivity index (χ1n) is 13.0. The first-order valence-corrected chi connectivity index (χ1v) is 13.0. The lowest BCUT2D eigenvalue weighted by atomic mass is 9.65. The molecule has 0 bridgehead atoms. The molecule has 2 aliphatic rings. The Hall–Kier alpha value is -4.68. The Bertz CT molecular complexity index is 2020. The lowest BCUT2D eigenvalue weighted by Gasteiger charge is -2.36. The third kappa shape index (κ3) is 2.79. The van der Waals surface area contributed by atoms with Crippen LogP contribution in [0.2, 0.25) is 0 Å². The van der Waals surface area contributed by atoms with Crippen LogP contribution in [0.25, 0.3) is 44.0 Å². The Labute approximate surface area is 215 Å². The van der Waals surface area contributed by atoms with E-state index in [4.69, 9.17) is 0 Å². The molecule has 0 N–H and O–H groups in total. The molecule has 0 fully saturated rings. The second-order valence-corrected chi connectivity index (χ2v) is 10.1. The number of hydrogen-bond donors (Lipinski definition) is 0. The Morgan fingerprint density at radius 2 is 0.946 bits per heavy atom. The lowest BCUT2D eigenvalue weighted by Crippen LogP contribution is -2.35. The maximum Gasteiger partial charge on any atom is 0.0647 e. The topological polar surface area (TPSA) is 0 Å². The van der Waals surface area contributed by atoms with Crippen LogP contribution >= 0.6 is 0 Å². The fraction of sp³-hybridized carbons (Fsp3) is 0.0270. The molecule has 0 saturated heterocycles. The van der Waals surface area contributed by atoms with E-state index in [0.717, 1.165) is 0 Å². The minimum absolute atomic E-state index is 0.352. The summed E-state index contributed by atoms with van der Waals surface area (Å²) in [5.41, 5.74) is 4.91. The van der Waals surface area contributed by atoms with Crippen molar-refractivity contribution < 1.29 is 0 Å². The third-order valence-corrected chi connectivity index (χ3v) is 8.26. The molecule has 8 rings (SSSR count). The summed E-state index contributed by atoms with van der Waals surface area (Å²) in [6.45, 7) is 0. The van der Waals surface area contributed by atoms with Gasteiger partial charge in [-0.05, 0) is 83.2 Å². The minimum atomic E-state index is -0.352. The summed E-state index contributed by atoms with van der Waals surface area (Å²) in [7, 11) is 0. The van der Waals surface area contributed by atoms with Gasteiger partial charge in [0.25, 0.3) is 0 Å². The first-order chi connectivity index (χ1) is 18.3. The van der Waals surface area contributed by atoms with Crippen molar-refractivity contribution in [3.63, 3.8) is 0 Å². The van der Waals surface area contributed by atoms with Gasteiger partial charge in [0.15, 0.2) is 0 Å². The van der Waals surface area contributed by atoms with Crippen LogP contribution in [-0.4, -0.2) is 0 Å². The first kappa shape index (κ1) is 20.5. The van der Waals surface area contributed by atoms with Crippen molar-refractivity contribution in [2.45, 2.75) is 5.41 Å². The zero-order valence-corrected chi connectivity index (χ0v) is 20.4. The monoisotopic (exact) mass is 468 g/mol. The summed E-state index contributed by atoms with van der Waals surface area (Å²) in [6.07, 6.45) is 9.30. The van der Waals surface area contributed by atoms with Gasteiger partial charge in [0.2, 0.25) is 0 Å². The molecular weight excluding hydrogens is 444 g/mol. The van der Waals surface area contributed by atoms with E-state index in [9.17, 15) is 0 Å². The molecular formula is C37H24. The van der Waals surface area contributed by atoms with E-state index >= 15 is 0 Å². The van der Waals surface area contributed by atoms with E-state index in [1.54, 1.807) is 0 Å². The van der Waals surface area contributed by atoms with Gasteiger partial charge in [0.1, 0.15) is 0 Å². The van der Waals surface area contributed by atoms with E-state index in [-0.39, 0.29) is 5.41 Å². The van der Waals surface area contributed by atoms with E-state index in [2.05, 4.69) is 146 Å². The van der Waals surface area contributed by atoms with Crippen molar-refractivity contribution in [1.82, 2.24) is 0 Å². The Balaban J connectivity index is 1.58. The lowest BCUT2D eigenvalue weighted by molar-refractivity contribution is 0.830. The highest BCUT2D eigenvalue weighted by Crippen LogP contribution is 2.47. The Morgan fingerprint density at radius 3 is 1.51 bits per heavy atom. The van der Waals surface area contributed by atoms with Crippen LogP contribution < -0.4 is 10.4 Å². The van der Waals surface area contributed by atoms with Gasteiger partial charge in [-0.3, -0.25) is 0 Å². The second-order valence-electron chi connectivity index (χ2n) is 10.1. The molecule has 0 unspecified atom stereocenters. The SMILES string of the molecule is C1=CC(c2ccccc2)(c2ccccc2)C2=c3cc4c5ccccc5c5ccccc5c4cc3=CC2=C1. The average molecular weight is 469 g/mol. The maximum absolute atomic E-state index is 2.46. The quantitative estimate of drug-likeness (QED) is 0.230. The van der Waals surface area contributed by atoms with Gasteiger partial charge in [-0.1, -0.05) is 127 Å². The summed E-state index contributed by atoms with van der Waals surface area (Å²) >= 11 is 0. The molecule has 0 amide bonds. The molecule has 172 valence electrons. The van der Waals surface area contributed by atoms with Gasteiger partial charge in [-0.2, -0.15) is 0 Å². The van der Waals surface area contributed by atoms with Crippen molar-refractivity contribution >= 4 is 44.0 Å². The predicted octanol–water partition coefficient (Wildman–Crippen LogP) is 7.57. The van der Waals surface area contributed by atoms with Crippen molar-refractivity contribution in [1.29, 1.82) is 0 Å². The normalized spacial score (nSPS) is 15.5. The van der Waals surface area contributed by atoms with Gasteiger partial charge in [0.05, 0.1) is 5.41 Å². The summed E-state index contributed by atoms with van der Waals surface area (Å²) < 4.78 is 0. The highest BCUT2D eigenvalue weighted by atomic mass is 14.4. The number of benzene rings is 6. The second kappa shape index (κ2) is 7.66. The van der Waals surface area contributed by atoms with Crippen molar-refractivity contribution in [3.8, 4) is 0 Å². The number of allylic oxidation sites excluding steroid dienone is 4. The van der Waals surface area contributed by atoms with E-state index in [1.807, 2.05) is 0 Å². The van der Waals surface area contributed by atoms with Gasteiger partial charge in [-0.25, -0.2) is 0 Å². The van der Waals surface area contributed by atoms with Crippen molar-refractivity contribution in [2.24, 2.45) is 0 Å². The van der Waals surface area contributed by atoms with E-state index in [0.29, 0.717) is 0 Å². The molecule has 0 heterocycles. The number of rotatable bonds is 2. The van der Waals surface area contributed by atoms with Crippen molar-refractivity contribution in [3.05, 3.63) is 167 Å². The third-order valence-electron chi connectivity index (χ3n) is 8.26. The van der Waals surface area contributed by atoms with Crippen LogP contribution in [0.3, 0.4) is 0 Å². The van der Waals surface area contributed by atoms with Crippen LogP contribution in [0.15, 0.2) is 145 Å². The molecule has 6 aromatic carbocycles. The molecule has 0 aromatic heterocycles. The summed E-state index contributed by atoms with van der Waals surface area (Å²) in [4.78, 5) is 0. The van der Waals surface area contributed by atoms with Gasteiger partial charge in [0, 0.05) is 0 Å². The zero-order valence-electron chi connectivity index (χ0n) is 20.4. The summed E-state index contributed by atoms with van der Waals surface area (Å²) in [5, 5.41) is 10.5. The minimum Gasteiger partial charge on any atom is -0.0652 e. The van der Waals surface area contributed by atoms with Gasteiger partial charge < -0.3 is 0 Å². The van der Waals surface area contributed by atoms with Crippen molar-refractivity contribution in [2.75, 3.05) is 0 Å². The Morgan fingerprint density at radius 1 is 0.459 bits per heavy atom. The Kier molecular flexibility index (Phi) is 4.24. The molecule has 0 heteroatoms. The molecule has 2 aliphatic carbocycles. The van der Waals surface area contributed by atoms with Crippen LogP contribution in [-0.2, 0) is 5.41 Å². The van der Waals surface area contributed by atoms with Gasteiger partial charge >= 0.3 is 0 Å². The maximum atomic E-state index is 2.46. The smallest absolute Gasteiger partial charge is 0.0647 e. The highest BCUT2D eigenvalue weighted by molar-refractivity contribution is 6.25. The highest BCUT2D eigenvalue weighted by Gasteiger charge is 2.40. The number of fused-ring (bicyclic) bond motifs is 8. The molecule has 0 saturated carbocycles. The average Bonchev–Trinajstić information content (AvgIpc) is 3.35. The van der Waals surface area contributed by atoms with Crippen LogP contribution in [0, 0.1) is 0 Å². The molecule has 0 nitrogen and oxygen atoms in total. The van der Waals surface area contributed by atoms with E-state index < -0.39 is 0 Å². The molecule has 0 spiro atoms. The molecule has 6 aromatic rings. The summed E-state index contributed by atoms with van der Waals surface area (Å²) in [6, 6.07) is 44.5. The largest absolute Gasteiger partial charge is 0.0652 e. The zero-order chi connectivity index (χ0) is 24.4. The summed E-state index contributed by atoms with van der Waals surface area (Å²) in [5.74, 6) is 0. The standard InChI is InChI=1S/C37H24/c1-3-13-27(14-4-1)37(28-15-5-2-6-16-28)21-11-12-25-22-26-23-34-31-19-9-7-17-29(31)30-18-8-10-20-32(30)35(34)24-33(26)36(25)37/h1-24H. The number of hydrogen-bond acceptors (Lipinski definition) is 0. The molecule has 0 aliphatic heterocycles. The molecule has 0 atom stereocenters. The fourth-order valence-corrected chi connectivity index (χ4v) is 6.70.